The van der Waals surface area contributed by atoms with Crippen molar-refractivity contribution in [3.05, 3.63) is 0 Å². The molecule has 3 unspecified atom stereocenters. The summed E-state index contributed by atoms with van der Waals surface area (Å²) in [5.41, 5.74) is 10.5. The highest BCUT2D eigenvalue weighted by Gasteiger charge is 2.29. The number of nitrogens with two attached hydrogens (primary N) is 2. The van der Waals surface area contributed by atoms with Crippen LogP contribution < -0.4 is 27.4 Å². The van der Waals surface area contributed by atoms with Crippen LogP contribution in [0.25, 0.3) is 0 Å². The molecular formula is C16H30N6O4S. The summed E-state index contributed by atoms with van der Waals surface area (Å²) in [5, 5.41) is 17.7. The van der Waals surface area contributed by atoms with Gasteiger partial charge < -0.3 is 32.5 Å². The van der Waals surface area contributed by atoms with E-state index in [0.29, 0.717) is 18.6 Å². The summed E-state index contributed by atoms with van der Waals surface area (Å²) < 4.78 is 0. The number of hydrogen-bond acceptors (Lipinski definition) is 6. The Labute approximate surface area is 163 Å². The second-order valence-electron chi connectivity index (χ2n) is 6.34. The van der Waals surface area contributed by atoms with Crippen LogP contribution in [0.2, 0.25) is 0 Å². The maximum absolute atomic E-state index is 12.6. The molecule has 27 heavy (non-hydrogen) atoms. The van der Waals surface area contributed by atoms with Gasteiger partial charge in [0.15, 0.2) is 5.96 Å². The number of carbonyl (C=O) groups excluding carboxylic acids is 2. The lowest BCUT2D eigenvalue weighted by atomic mass is 10.1. The van der Waals surface area contributed by atoms with Crippen LogP contribution in [0.5, 0.6) is 0 Å². The number of thioether (sulfide) groups is 1. The largest absolute Gasteiger partial charge is 0.480 e. The molecule has 0 radical (unpaired) electrons. The molecule has 11 heteroatoms. The van der Waals surface area contributed by atoms with Gasteiger partial charge in [-0.05, 0) is 50.7 Å². The molecule has 3 atom stereocenters. The monoisotopic (exact) mass is 402 g/mol. The second kappa shape index (κ2) is 12.4. The molecule has 0 aromatic rings. The molecule has 0 aromatic heterocycles. The fourth-order valence-electron chi connectivity index (χ4n) is 2.72. The first-order valence-electron chi connectivity index (χ1n) is 8.96. The zero-order valence-electron chi connectivity index (χ0n) is 15.6. The minimum absolute atomic E-state index is 0.0636. The zero-order chi connectivity index (χ0) is 20.2. The number of rotatable bonds is 12. The highest BCUT2D eigenvalue weighted by Crippen LogP contribution is 2.08. The number of aliphatic carboxylic acids is 1. The smallest absolute Gasteiger partial charge is 0.326 e. The molecule has 1 rings (SSSR count). The maximum Gasteiger partial charge on any atom is 0.326 e. The van der Waals surface area contributed by atoms with E-state index >= 15 is 0 Å². The fraction of sp³-hybridized carbons (Fsp3) is 0.750. The number of nitrogens with zero attached hydrogens (tertiary/aromatic N) is 1. The molecular weight excluding hydrogens is 372 g/mol. The zero-order valence-corrected chi connectivity index (χ0v) is 16.4. The predicted octanol–water partition coefficient (Wildman–Crippen LogP) is -1.40. The lowest BCUT2D eigenvalue weighted by Crippen LogP contribution is -2.54. The van der Waals surface area contributed by atoms with E-state index in [9.17, 15) is 19.5 Å². The van der Waals surface area contributed by atoms with Crippen LogP contribution in [-0.2, 0) is 14.4 Å². The van der Waals surface area contributed by atoms with Crippen molar-refractivity contribution in [2.24, 2.45) is 16.5 Å². The molecule has 1 fully saturated rings. The third kappa shape index (κ3) is 8.96. The minimum Gasteiger partial charge on any atom is -0.480 e. The first kappa shape index (κ1) is 23.0. The Balaban J connectivity index is 2.63. The number of hydrogen-bond donors (Lipinski definition) is 6. The van der Waals surface area contributed by atoms with E-state index in [-0.39, 0.29) is 30.9 Å². The van der Waals surface area contributed by atoms with Gasteiger partial charge in [-0.15, -0.1) is 0 Å². The molecule has 0 bridgehead atoms. The summed E-state index contributed by atoms with van der Waals surface area (Å²) in [6.45, 7) is 1.05. The van der Waals surface area contributed by atoms with Gasteiger partial charge in [0, 0.05) is 6.54 Å². The minimum atomic E-state index is -1.14. The number of nitrogens with one attached hydrogen (secondary N) is 3. The molecule has 0 spiro atoms. The Bertz CT molecular complexity index is 535. The number of guanidine groups is 1. The fourth-order valence-corrected chi connectivity index (χ4v) is 3.19. The van der Waals surface area contributed by atoms with E-state index in [1.54, 1.807) is 11.8 Å². The van der Waals surface area contributed by atoms with E-state index in [1.807, 2.05) is 6.26 Å². The van der Waals surface area contributed by atoms with Crippen LogP contribution in [0.4, 0.5) is 0 Å². The van der Waals surface area contributed by atoms with Crippen molar-refractivity contribution in [1.29, 1.82) is 0 Å². The van der Waals surface area contributed by atoms with E-state index < -0.39 is 24.0 Å². The second-order valence-corrected chi connectivity index (χ2v) is 7.33. The Morgan fingerprint density at radius 2 is 2.00 bits per heavy atom. The van der Waals surface area contributed by atoms with Crippen molar-refractivity contribution in [2.75, 3.05) is 25.1 Å². The molecule has 0 aliphatic carbocycles. The molecule has 1 aliphatic heterocycles. The summed E-state index contributed by atoms with van der Waals surface area (Å²) in [6, 6.07) is -2.14. The first-order chi connectivity index (χ1) is 12.8. The van der Waals surface area contributed by atoms with Crippen LogP contribution >= 0.6 is 11.8 Å². The van der Waals surface area contributed by atoms with E-state index in [1.165, 1.54) is 0 Å². The van der Waals surface area contributed by atoms with Crippen molar-refractivity contribution in [2.45, 2.75) is 50.2 Å². The normalized spacial score (nSPS) is 18.3. The number of carbonyl (C=O) groups is 3. The molecule has 1 saturated heterocycles. The van der Waals surface area contributed by atoms with Gasteiger partial charge in [0.2, 0.25) is 11.8 Å². The van der Waals surface area contributed by atoms with Crippen molar-refractivity contribution in [3.63, 3.8) is 0 Å². The van der Waals surface area contributed by atoms with Crippen LogP contribution in [0.3, 0.4) is 0 Å². The van der Waals surface area contributed by atoms with Crippen LogP contribution in [0, 0.1) is 0 Å². The standard InChI is InChI=1S/C16H30N6O4S/c1-27-9-6-11(21-13(23)10-4-2-7-19-10)14(24)22-12(15(25)26)5-3-8-20-16(17)18/h10-12,19H,2-9H2,1H3,(H,21,23)(H,22,24)(H,25,26)(H4,17,18,20). The Kier molecular flexibility index (Phi) is 10.6. The molecule has 8 N–H and O–H groups in total. The van der Waals surface area contributed by atoms with E-state index in [2.05, 4.69) is 20.9 Å². The van der Waals surface area contributed by atoms with Crippen LogP contribution in [0.1, 0.15) is 32.1 Å². The molecule has 0 saturated carbocycles. The van der Waals surface area contributed by atoms with Crippen LogP contribution in [-0.4, -0.2) is 72.1 Å². The average Bonchev–Trinajstić information content (AvgIpc) is 3.15. The first-order valence-corrected chi connectivity index (χ1v) is 10.4. The number of amides is 2. The lowest BCUT2D eigenvalue weighted by Gasteiger charge is -2.22. The maximum atomic E-state index is 12.6. The SMILES string of the molecule is CSCCC(NC(=O)C1CCCN1)C(=O)NC(CCCN=C(N)N)C(=O)O. The van der Waals surface area contributed by atoms with E-state index in [4.69, 9.17) is 11.5 Å². The van der Waals surface area contributed by atoms with Gasteiger partial charge >= 0.3 is 5.97 Å². The Morgan fingerprint density at radius 1 is 1.26 bits per heavy atom. The number of carboxylic acid groups (broad SMARTS) is 1. The molecule has 1 aliphatic rings. The Hall–Kier alpha value is -2.01. The summed E-state index contributed by atoms with van der Waals surface area (Å²) in [7, 11) is 0. The van der Waals surface area contributed by atoms with Gasteiger partial charge in [-0.3, -0.25) is 14.6 Å². The topological polar surface area (TPSA) is 172 Å². The van der Waals surface area contributed by atoms with Gasteiger partial charge in [0.05, 0.1) is 6.04 Å². The molecule has 1 heterocycles. The lowest BCUT2D eigenvalue weighted by molar-refractivity contribution is -0.142. The van der Waals surface area contributed by atoms with Crippen molar-refractivity contribution >= 4 is 35.5 Å². The van der Waals surface area contributed by atoms with E-state index in [0.717, 1.165) is 19.4 Å². The molecule has 2 amide bonds. The molecule has 154 valence electrons. The summed E-state index contributed by atoms with van der Waals surface area (Å²) in [4.78, 5) is 40.1. The van der Waals surface area contributed by atoms with Gasteiger partial charge in [-0.1, -0.05) is 0 Å². The Morgan fingerprint density at radius 3 is 2.56 bits per heavy atom. The van der Waals surface area contributed by atoms with Gasteiger partial charge in [-0.25, -0.2) is 4.79 Å². The quantitative estimate of drug-likeness (QED) is 0.131. The van der Waals surface area contributed by atoms with Crippen molar-refractivity contribution < 1.29 is 19.5 Å². The predicted molar refractivity (Wildman–Crippen MR) is 105 cm³/mol. The van der Waals surface area contributed by atoms with Gasteiger partial charge in [-0.2, -0.15) is 11.8 Å². The average molecular weight is 403 g/mol. The third-order valence-corrected chi connectivity index (χ3v) is 4.82. The number of aliphatic imine (C=N–C) groups is 1. The molecule has 10 nitrogen and oxygen atoms in total. The summed E-state index contributed by atoms with van der Waals surface area (Å²) >= 11 is 1.55. The third-order valence-electron chi connectivity index (χ3n) is 4.18. The van der Waals surface area contributed by atoms with Gasteiger partial charge in [0.1, 0.15) is 12.1 Å². The summed E-state index contributed by atoms with van der Waals surface area (Å²) in [6.07, 6.45) is 4.56. The molecule has 0 aromatic carbocycles. The van der Waals surface area contributed by atoms with Crippen LogP contribution in [0.15, 0.2) is 4.99 Å². The number of carboxylic acids is 1. The van der Waals surface area contributed by atoms with Gasteiger partial charge in [0.25, 0.3) is 0 Å². The highest BCUT2D eigenvalue weighted by molar-refractivity contribution is 7.98. The highest BCUT2D eigenvalue weighted by atomic mass is 32.2. The van der Waals surface area contributed by atoms with Crippen molar-refractivity contribution in [1.82, 2.24) is 16.0 Å². The summed E-state index contributed by atoms with van der Waals surface area (Å²) in [5.74, 6) is -1.26. The van der Waals surface area contributed by atoms with Crippen molar-refractivity contribution in [3.8, 4) is 0 Å².